The van der Waals surface area contributed by atoms with Gasteiger partial charge in [-0.1, -0.05) is 30.3 Å². The van der Waals surface area contributed by atoms with Crippen molar-refractivity contribution in [1.29, 1.82) is 0 Å². The van der Waals surface area contributed by atoms with Crippen LogP contribution in [0.2, 0.25) is 0 Å². The summed E-state index contributed by atoms with van der Waals surface area (Å²) in [5.41, 5.74) is 1.38. The number of esters is 1. The number of fused-ring (bicyclic) bond motifs is 1. The molecule has 0 bridgehead atoms. The number of ether oxygens (including phenoxy) is 1. The topological polar surface area (TPSA) is 97.2 Å². The SMILES string of the molecule is COC(=O)c1cn([C@@H](CO)Cc2ccccc2)cc2c(=O)[nH]nc1-2. The number of hydrogen-bond donors (Lipinski definition) is 2. The number of methoxy groups -OCH3 is 1. The van der Waals surface area contributed by atoms with E-state index >= 15 is 0 Å². The normalized spacial score (nSPS) is 12.2. The van der Waals surface area contributed by atoms with Crippen molar-refractivity contribution in [2.24, 2.45) is 0 Å². The zero-order valence-electron chi connectivity index (χ0n) is 13.1. The third kappa shape index (κ3) is 2.93. The van der Waals surface area contributed by atoms with Crippen LogP contribution in [0.3, 0.4) is 0 Å². The van der Waals surface area contributed by atoms with Crippen molar-refractivity contribution in [1.82, 2.24) is 14.8 Å². The van der Waals surface area contributed by atoms with E-state index in [2.05, 4.69) is 10.2 Å². The van der Waals surface area contributed by atoms with E-state index in [0.29, 0.717) is 6.42 Å². The van der Waals surface area contributed by atoms with Crippen LogP contribution in [-0.2, 0) is 11.2 Å². The van der Waals surface area contributed by atoms with Crippen molar-refractivity contribution < 1.29 is 14.6 Å². The number of benzene rings is 1. The fourth-order valence-electron chi connectivity index (χ4n) is 2.68. The zero-order chi connectivity index (χ0) is 17.1. The molecule has 1 atom stereocenters. The Hall–Kier alpha value is -2.93. The van der Waals surface area contributed by atoms with Crippen molar-refractivity contribution in [3.05, 3.63) is 64.2 Å². The lowest BCUT2D eigenvalue weighted by atomic mass is 10.0. The summed E-state index contributed by atoms with van der Waals surface area (Å²) >= 11 is 0. The third-order valence-electron chi connectivity index (χ3n) is 3.93. The summed E-state index contributed by atoms with van der Waals surface area (Å²) < 4.78 is 6.43. The first kappa shape index (κ1) is 15.9. The summed E-state index contributed by atoms with van der Waals surface area (Å²) in [5.74, 6) is -0.586. The van der Waals surface area contributed by atoms with Gasteiger partial charge in [-0.05, 0) is 12.0 Å². The lowest BCUT2D eigenvalue weighted by molar-refractivity contribution is 0.0599. The highest BCUT2D eigenvalue weighted by molar-refractivity contribution is 5.95. The van der Waals surface area contributed by atoms with Gasteiger partial charge in [-0.15, -0.1) is 0 Å². The molecule has 0 spiro atoms. The van der Waals surface area contributed by atoms with Crippen molar-refractivity contribution in [2.45, 2.75) is 12.5 Å². The lowest BCUT2D eigenvalue weighted by Crippen LogP contribution is -2.20. The van der Waals surface area contributed by atoms with Crippen LogP contribution in [0, 0.1) is 0 Å². The van der Waals surface area contributed by atoms with Crippen LogP contribution in [0.4, 0.5) is 0 Å². The van der Waals surface area contributed by atoms with Crippen LogP contribution in [-0.4, -0.2) is 39.6 Å². The minimum Gasteiger partial charge on any atom is -0.465 e. The number of aliphatic hydroxyl groups is 1. The van der Waals surface area contributed by atoms with Gasteiger partial charge < -0.3 is 14.4 Å². The fraction of sp³-hybridized carbons (Fsp3) is 0.235. The molecule has 0 unspecified atom stereocenters. The second kappa shape index (κ2) is 6.67. The number of pyridine rings is 1. The maximum Gasteiger partial charge on any atom is 0.341 e. The van der Waals surface area contributed by atoms with E-state index in [4.69, 9.17) is 4.74 Å². The molecule has 2 aliphatic rings. The smallest absolute Gasteiger partial charge is 0.341 e. The predicted octanol–water partition coefficient (Wildman–Crippen LogP) is 1.24. The van der Waals surface area contributed by atoms with Crippen LogP contribution in [0.15, 0.2) is 47.5 Å². The standard InChI is InChI=1S/C17H17N3O4/c1-24-17(23)14-9-20(8-13-15(14)18-19-16(13)22)12(10-21)7-11-5-3-2-4-6-11/h2-6,8-9,12,21H,7,10H2,1H3,(H,19,22)/t12-/m1/s1. The lowest BCUT2D eigenvalue weighted by Gasteiger charge is -2.20. The molecule has 0 saturated heterocycles. The number of aliphatic hydroxyl groups excluding tert-OH is 1. The highest BCUT2D eigenvalue weighted by atomic mass is 16.5. The molecular weight excluding hydrogens is 310 g/mol. The summed E-state index contributed by atoms with van der Waals surface area (Å²) in [4.78, 5) is 23.9. The Bertz CT molecular complexity index is 869. The Balaban J connectivity index is 2.06. The van der Waals surface area contributed by atoms with Gasteiger partial charge in [-0.2, -0.15) is 5.10 Å². The molecule has 2 heterocycles. The predicted molar refractivity (Wildman–Crippen MR) is 87.1 cm³/mol. The molecule has 24 heavy (non-hydrogen) atoms. The van der Waals surface area contributed by atoms with Gasteiger partial charge in [0.2, 0.25) is 0 Å². The van der Waals surface area contributed by atoms with E-state index in [0.717, 1.165) is 5.56 Å². The fourth-order valence-corrected chi connectivity index (χ4v) is 2.68. The van der Waals surface area contributed by atoms with Crippen LogP contribution < -0.4 is 5.56 Å². The maximum absolute atomic E-state index is 12.0. The maximum atomic E-state index is 12.0. The number of nitrogens with zero attached hydrogens (tertiary/aromatic N) is 2. The van der Waals surface area contributed by atoms with Gasteiger partial charge in [0.25, 0.3) is 5.56 Å². The van der Waals surface area contributed by atoms with Crippen molar-refractivity contribution in [3.63, 3.8) is 0 Å². The first-order chi connectivity index (χ1) is 11.6. The summed E-state index contributed by atoms with van der Waals surface area (Å²) in [6.45, 7) is -0.141. The van der Waals surface area contributed by atoms with Gasteiger partial charge in [0, 0.05) is 12.4 Å². The average molecular weight is 327 g/mol. The van der Waals surface area contributed by atoms with Gasteiger partial charge >= 0.3 is 5.97 Å². The molecule has 0 amide bonds. The third-order valence-corrected chi connectivity index (χ3v) is 3.93. The van der Waals surface area contributed by atoms with E-state index in [1.54, 1.807) is 17.0 Å². The zero-order valence-corrected chi connectivity index (χ0v) is 13.1. The second-order valence-electron chi connectivity index (χ2n) is 5.45. The molecule has 0 aliphatic carbocycles. The Kier molecular flexibility index (Phi) is 4.43. The minimum absolute atomic E-state index is 0.141. The molecule has 3 rings (SSSR count). The van der Waals surface area contributed by atoms with Crippen molar-refractivity contribution in [2.75, 3.05) is 13.7 Å². The largest absolute Gasteiger partial charge is 0.465 e. The molecule has 1 aromatic rings. The quantitative estimate of drug-likeness (QED) is 0.687. The Morgan fingerprint density at radius 2 is 2.08 bits per heavy atom. The molecular formula is C17H17N3O4. The molecule has 0 fully saturated rings. The Labute approximate surface area is 137 Å². The van der Waals surface area contributed by atoms with E-state index in [1.807, 2.05) is 30.3 Å². The summed E-state index contributed by atoms with van der Waals surface area (Å²) in [5, 5.41) is 16.0. The van der Waals surface area contributed by atoms with E-state index in [9.17, 15) is 14.7 Å². The van der Waals surface area contributed by atoms with Crippen molar-refractivity contribution in [3.8, 4) is 11.3 Å². The summed E-state index contributed by atoms with van der Waals surface area (Å²) in [6, 6.07) is 9.35. The van der Waals surface area contributed by atoms with Crippen LogP contribution >= 0.6 is 0 Å². The van der Waals surface area contributed by atoms with Gasteiger partial charge in [-0.3, -0.25) is 4.79 Å². The molecule has 2 N–H and O–H groups in total. The molecule has 0 radical (unpaired) electrons. The van der Waals surface area contributed by atoms with E-state index < -0.39 is 5.97 Å². The summed E-state index contributed by atoms with van der Waals surface area (Å²) in [7, 11) is 1.27. The molecule has 2 aliphatic heterocycles. The number of carbonyl (C=O) groups is 1. The van der Waals surface area contributed by atoms with Crippen LogP contribution in [0.1, 0.15) is 22.0 Å². The molecule has 1 aromatic carbocycles. The highest BCUT2D eigenvalue weighted by Gasteiger charge is 2.23. The minimum atomic E-state index is -0.586. The first-order valence-electron chi connectivity index (χ1n) is 7.47. The van der Waals surface area contributed by atoms with Crippen molar-refractivity contribution >= 4 is 5.97 Å². The van der Waals surface area contributed by atoms with Crippen LogP contribution in [0.5, 0.6) is 0 Å². The van der Waals surface area contributed by atoms with Gasteiger partial charge in [0.1, 0.15) is 11.3 Å². The van der Waals surface area contributed by atoms with Gasteiger partial charge in [0.15, 0.2) is 0 Å². The first-order valence-corrected chi connectivity index (χ1v) is 7.47. The monoisotopic (exact) mass is 327 g/mol. The molecule has 7 heteroatoms. The molecule has 7 nitrogen and oxygen atoms in total. The average Bonchev–Trinajstić information content (AvgIpc) is 3.00. The number of aromatic nitrogens is 3. The number of carbonyl (C=O) groups excluding carboxylic acids is 1. The number of hydrogen-bond acceptors (Lipinski definition) is 5. The number of H-pyrrole nitrogens is 1. The van der Waals surface area contributed by atoms with Crippen LogP contribution in [0.25, 0.3) is 11.3 Å². The van der Waals surface area contributed by atoms with Gasteiger partial charge in [0.05, 0.1) is 25.3 Å². The second-order valence-corrected chi connectivity index (χ2v) is 5.45. The summed E-state index contributed by atoms with van der Waals surface area (Å²) in [6.07, 6.45) is 3.70. The molecule has 124 valence electrons. The molecule has 0 saturated carbocycles. The number of nitrogens with one attached hydrogen (secondary N) is 1. The van der Waals surface area contributed by atoms with E-state index in [-0.39, 0.29) is 35.0 Å². The number of aromatic amines is 1. The van der Waals surface area contributed by atoms with E-state index in [1.165, 1.54) is 7.11 Å². The Morgan fingerprint density at radius 3 is 2.75 bits per heavy atom. The number of rotatable bonds is 5. The molecule has 0 aromatic heterocycles. The Morgan fingerprint density at radius 1 is 1.33 bits per heavy atom. The highest BCUT2D eigenvalue weighted by Crippen LogP contribution is 2.24. The van der Waals surface area contributed by atoms with Gasteiger partial charge in [-0.25, -0.2) is 9.89 Å².